The fourth-order valence-electron chi connectivity index (χ4n) is 3.89. The van der Waals surface area contributed by atoms with Gasteiger partial charge >= 0.3 is 6.18 Å². The van der Waals surface area contributed by atoms with E-state index >= 15 is 0 Å². The van der Waals surface area contributed by atoms with Crippen LogP contribution in [-0.4, -0.2) is 42.3 Å². The van der Waals surface area contributed by atoms with E-state index in [2.05, 4.69) is 4.99 Å². The first kappa shape index (κ1) is 15.3. The van der Waals surface area contributed by atoms with Crippen LogP contribution in [0.2, 0.25) is 0 Å². The predicted octanol–water partition coefficient (Wildman–Crippen LogP) is 2.99. The highest BCUT2D eigenvalue weighted by Crippen LogP contribution is 2.50. The average molecular weight is 312 g/mol. The van der Waals surface area contributed by atoms with E-state index < -0.39 is 23.9 Å². The summed E-state index contributed by atoms with van der Waals surface area (Å²) in [6, 6.07) is -0.229. The van der Waals surface area contributed by atoms with Crippen LogP contribution in [0.25, 0.3) is 0 Å². The van der Waals surface area contributed by atoms with Gasteiger partial charge in [0.05, 0.1) is 31.0 Å². The normalized spacial score (nSPS) is 34.1. The summed E-state index contributed by atoms with van der Waals surface area (Å²) < 4.78 is 40.5. The zero-order chi connectivity index (χ0) is 16.1. The number of hydrogen-bond donors (Lipinski definition) is 0. The number of nitrogens with zero attached hydrogens (tertiary/aromatic N) is 2. The molecule has 1 saturated heterocycles. The smallest absolute Gasteiger partial charge is 0.332 e. The molecule has 4 atom stereocenters. The molecule has 1 amide bonds. The van der Waals surface area contributed by atoms with Crippen LogP contribution >= 0.6 is 0 Å². The lowest BCUT2D eigenvalue weighted by molar-refractivity contribution is -0.193. The predicted molar refractivity (Wildman–Crippen MR) is 77.5 cm³/mol. The van der Waals surface area contributed by atoms with Crippen LogP contribution in [0.1, 0.15) is 20.3 Å². The Morgan fingerprint density at radius 2 is 2.14 bits per heavy atom. The van der Waals surface area contributed by atoms with Crippen molar-refractivity contribution in [1.29, 1.82) is 0 Å². The highest BCUT2D eigenvalue weighted by molar-refractivity contribution is 5.86. The standard InChI is InChI=1S/C16H19F3N2O/c1-9(2)5-10-6-11-13-8-20-3-4-21(13)15(22)14(11)12(7-10)16(17,18)19/h3,5-6,11-14H,4,7-8H2,1-2H3. The van der Waals surface area contributed by atoms with Crippen LogP contribution in [0.3, 0.4) is 0 Å². The number of carbonyl (C=O) groups is 1. The fraction of sp³-hybridized carbons (Fsp3) is 0.625. The molecule has 1 fully saturated rings. The van der Waals surface area contributed by atoms with E-state index in [1.165, 1.54) is 0 Å². The van der Waals surface area contributed by atoms with Crippen LogP contribution in [0.15, 0.2) is 28.3 Å². The first-order valence-corrected chi connectivity index (χ1v) is 7.50. The number of amides is 1. The molecule has 2 heterocycles. The summed E-state index contributed by atoms with van der Waals surface area (Å²) in [5.74, 6) is -3.33. The third-order valence-corrected chi connectivity index (χ3v) is 4.72. The largest absolute Gasteiger partial charge is 0.392 e. The van der Waals surface area contributed by atoms with Crippen molar-refractivity contribution in [3.05, 3.63) is 23.3 Å². The molecule has 3 aliphatic rings. The van der Waals surface area contributed by atoms with Crippen molar-refractivity contribution in [2.24, 2.45) is 22.7 Å². The lowest BCUT2D eigenvalue weighted by atomic mass is 9.72. The number of hydrogen-bond acceptors (Lipinski definition) is 2. The van der Waals surface area contributed by atoms with Gasteiger partial charge in [-0.25, -0.2) is 0 Å². The number of allylic oxidation sites excluding steroid dienone is 3. The number of halogens is 3. The number of rotatable bonds is 1. The van der Waals surface area contributed by atoms with Gasteiger partial charge in [-0.15, -0.1) is 0 Å². The minimum absolute atomic E-state index is 0.108. The molecule has 0 aromatic heterocycles. The number of carbonyl (C=O) groups excluding carboxylic acids is 1. The Kier molecular flexibility index (Phi) is 3.65. The maximum absolute atomic E-state index is 13.5. The van der Waals surface area contributed by atoms with Crippen molar-refractivity contribution in [3.8, 4) is 0 Å². The Bertz CT molecular complexity index is 572. The lowest BCUT2D eigenvalue weighted by Crippen LogP contribution is -2.41. The van der Waals surface area contributed by atoms with E-state index in [0.29, 0.717) is 18.7 Å². The summed E-state index contributed by atoms with van der Waals surface area (Å²) in [6.07, 6.45) is 0.832. The summed E-state index contributed by atoms with van der Waals surface area (Å²) in [5.41, 5.74) is 1.65. The lowest BCUT2D eigenvalue weighted by Gasteiger charge is -2.33. The van der Waals surface area contributed by atoms with E-state index in [1.807, 2.05) is 19.9 Å². The monoisotopic (exact) mass is 312 g/mol. The third kappa shape index (κ3) is 2.48. The number of fused-ring (bicyclic) bond motifs is 3. The van der Waals surface area contributed by atoms with Crippen LogP contribution in [0, 0.1) is 17.8 Å². The van der Waals surface area contributed by atoms with E-state index in [-0.39, 0.29) is 18.4 Å². The maximum atomic E-state index is 13.5. The summed E-state index contributed by atoms with van der Waals surface area (Å²) in [7, 11) is 0. The second-order valence-corrected chi connectivity index (χ2v) is 6.52. The first-order chi connectivity index (χ1) is 10.3. The van der Waals surface area contributed by atoms with Gasteiger partial charge in [-0.1, -0.05) is 23.3 Å². The summed E-state index contributed by atoms with van der Waals surface area (Å²) >= 11 is 0. The number of aliphatic imine (C=N–C) groups is 1. The summed E-state index contributed by atoms with van der Waals surface area (Å²) in [4.78, 5) is 18.2. The van der Waals surface area contributed by atoms with Gasteiger partial charge in [0, 0.05) is 12.1 Å². The zero-order valence-electron chi connectivity index (χ0n) is 12.6. The van der Waals surface area contributed by atoms with Gasteiger partial charge in [0.1, 0.15) is 0 Å². The molecule has 0 aromatic rings. The Labute approximate surface area is 127 Å². The van der Waals surface area contributed by atoms with Crippen molar-refractivity contribution >= 4 is 12.1 Å². The molecule has 0 spiro atoms. The third-order valence-electron chi connectivity index (χ3n) is 4.72. The Hall–Kier alpha value is -1.59. The first-order valence-electron chi connectivity index (χ1n) is 7.50. The van der Waals surface area contributed by atoms with Gasteiger partial charge in [0.2, 0.25) is 5.91 Å². The molecule has 2 aliphatic heterocycles. The molecule has 0 radical (unpaired) electrons. The minimum atomic E-state index is -4.36. The minimum Gasteiger partial charge on any atom is -0.332 e. The molecule has 4 unspecified atom stereocenters. The van der Waals surface area contributed by atoms with E-state index in [0.717, 1.165) is 5.57 Å². The van der Waals surface area contributed by atoms with Crippen molar-refractivity contribution in [2.45, 2.75) is 32.5 Å². The summed E-state index contributed by atoms with van der Waals surface area (Å²) in [5, 5.41) is 0. The van der Waals surface area contributed by atoms with Crippen molar-refractivity contribution in [3.63, 3.8) is 0 Å². The Morgan fingerprint density at radius 3 is 2.77 bits per heavy atom. The molecule has 0 aromatic carbocycles. The van der Waals surface area contributed by atoms with Crippen molar-refractivity contribution in [1.82, 2.24) is 4.90 Å². The fourth-order valence-corrected chi connectivity index (χ4v) is 3.89. The molecule has 0 bridgehead atoms. The SMILES string of the molecule is CC(C)=CC1=CC2C(C(=O)N3CC=NCC23)C(C(F)(F)F)C1. The van der Waals surface area contributed by atoms with Crippen LogP contribution in [-0.2, 0) is 4.79 Å². The van der Waals surface area contributed by atoms with Crippen LogP contribution in [0.4, 0.5) is 13.2 Å². The van der Waals surface area contributed by atoms with E-state index in [9.17, 15) is 18.0 Å². The Balaban J connectivity index is 2.03. The molecule has 22 heavy (non-hydrogen) atoms. The molecule has 3 rings (SSSR count). The quantitative estimate of drug-likeness (QED) is 0.732. The maximum Gasteiger partial charge on any atom is 0.392 e. The molecule has 120 valence electrons. The van der Waals surface area contributed by atoms with Gasteiger partial charge < -0.3 is 4.90 Å². The van der Waals surface area contributed by atoms with Gasteiger partial charge in [-0.05, 0) is 20.3 Å². The number of alkyl halides is 3. The van der Waals surface area contributed by atoms with Crippen molar-refractivity contribution in [2.75, 3.05) is 13.1 Å². The Morgan fingerprint density at radius 1 is 1.41 bits per heavy atom. The van der Waals surface area contributed by atoms with E-state index in [1.54, 1.807) is 17.2 Å². The second-order valence-electron chi connectivity index (χ2n) is 6.52. The highest BCUT2D eigenvalue weighted by atomic mass is 19.4. The molecular formula is C16H19F3N2O. The molecular weight excluding hydrogens is 293 g/mol. The molecule has 0 N–H and O–H groups in total. The topological polar surface area (TPSA) is 32.7 Å². The highest BCUT2D eigenvalue weighted by Gasteiger charge is 2.58. The van der Waals surface area contributed by atoms with Gasteiger partial charge in [-0.3, -0.25) is 9.79 Å². The van der Waals surface area contributed by atoms with E-state index in [4.69, 9.17) is 0 Å². The van der Waals surface area contributed by atoms with Gasteiger partial charge in [0.15, 0.2) is 0 Å². The van der Waals surface area contributed by atoms with Gasteiger partial charge in [-0.2, -0.15) is 13.2 Å². The average Bonchev–Trinajstić information content (AvgIpc) is 2.71. The molecule has 0 saturated carbocycles. The second kappa shape index (κ2) is 5.25. The van der Waals surface area contributed by atoms with Gasteiger partial charge in [0.25, 0.3) is 0 Å². The van der Waals surface area contributed by atoms with Crippen molar-refractivity contribution < 1.29 is 18.0 Å². The van der Waals surface area contributed by atoms with Crippen LogP contribution < -0.4 is 0 Å². The molecule has 6 heteroatoms. The molecule has 1 aliphatic carbocycles. The molecule has 3 nitrogen and oxygen atoms in total. The zero-order valence-corrected chi connectivity index (χ0v) is 12.6. The summed E-state index contributed by atoms with van der Waals surface area (Å²) in [6.45, 7) is 4.46. The van der Waals surface area contributed by atoms with Crippen LogP contribution in [0.5, 0.6) is 0 Å².